The van der Waals surface area contributed by atoms with E-state index in [4.69, 9.17) is 9.47 Å². The minimum absolute atomic E-state index is 0.122. The molecule has 3 heterocycles. The van der Waals surface area contributed by atoms with Crippen LogP contribution in [-0.2, 0) is 17.6 Å². The Hall–Kier alpha value is -3.40. The number of benzene rings is 1. The zero-order valence-corrected chi connectivity index (χ0v) is 19.0. The second-order valence-corrected chi connectivity index (χ2v) is 9.00. The van der Waals surface area contributed by atoms with Crippen molar-refractivity contribution in [2.75, 3.05) is 26.0 Å². The van der Waals surface area contributed by atoms with Crippen LogP contribution < -0.4 is 10.1 Å². The minimum atomic E-state index is -0.306. The van der Waals surface area contributed by atoms with Crippen LogP contribution in [0.3, 0.4) is 0 Å². The number of hydrogen-bond donors (Lipinski definition) is 2. The van der Waals surface area contributed by atoms with Crippen molar-refractivity contribution in [1.29, 1.82) is 0 Å². The summed E-state index contributed by atoms with van der Waals surface area (Å²) in [5.74, 6) is 1.48. The number of anilines is 2. The highest BCUT2D eigenvalue weighted by molar-refractivity contribution is 7.19. The van der Waals surface area contributed by atoms with Gasteiger partial charge in [-0.25, -0.2) is 14.8 Å². The van der Waals surface area contributed by atoms with E-state index in [0.29, 0.717) is 13.0 Å². The average molecular weight is 453 g/mol. The smallest absolute Gasteiger partial charge is 0.409 e. The molecule has 2 N–H and O–H groups in total. The number of aromatic amines is 1. The molecule has 0 aliphatic heterocycles. The average Bonchev–Trinajstić information content (AvgIpc) is 3.37. The Labute approximate surface area is 188 Å². The predicted octanol–water partition coefficient (Wildman–Crippen LogP) is 4.27. The number of H-pyrrole nitrogens is 1. The zero-order valence-electron chi connectivity index (χ0n) is 18.1. The number of thiophene rings is 1. The Bertz CT molecular complexity index is 1300. The number of carbonyl (C=O) groups excluding carboxylic acids is 1. The van der Waals surface area contributed by atoms with Gasteiger partial charge < -0.3 is 19.7 Å². The fourth-order valence-electron chi connectivity index (χ4n) is 4.00. The van der Waals surface area contributed by atoms with E-state index in [9.17, 15) is 4.79 Å². The molecule has 0 bridgehead atoms. The van der Waals surface area contributed by atoms with Crippen molar-refractivity contribution in [3.05, 3.63) is 35.1 Å². The van der Waals surface area contributed by atoms with Gasteiger partial charge in [0.1, 0.15) is 28.8 Å². The second-order valence-electron chi connectivity index (χ2n) is 7.91. The van der Waals surface area contributed by atoms with Crippen LogP contribution in [0.15, 0.2) is 24.7 Å². The van der Waals surface area contributed by atoms with Gasteiger partial charge in [-0.15, -0.1) is 11.3 Å². The van der Waals surface area contributed by atoms with Crippen molar-refractivity contribution in [2.45, 2.75) is 32.3 Å². The maximum atomic E-state index is 12.0. The van der Waals surface area contributed by atoms with E-state index >= 15 is 0 Å². The molecule has 1 unspecified atom stereocenters. The van der Waals surface area contributed by atoms with Crippen molar-refractivity contribution in [2.24, 2.45) is 0 Å². The molecule has 1 aliphatic carbocycles. The number of ether oxygens (including phenoxy) is 2. The number of rotatable bonds is 5. The molecule has 0 radical (unpaired) electrons. The molecule has 1 amide bonds. The molecule has 1 atom stereocenters. The van der Waals surface area contributed by atoms with Crippen molar-refractivity contribution in [3.8, 4) is 5.75 Å². The summed E-state index contributed by atoms with van der Waals surface area (Å²) in [6.07, 6.45) is 5.21. The number of nitrogens with one attached hydrogen (secondary N) is 2. The molecular formula is C22H24N6O3S. The summed E-state index contributed by atoms with van der Waals surface area (Å²) in [5, 5.41) is 12.6. The van der Waals surface area contributed by atoms with E-state index in [1.54, 1.807) is 38.0 Å². The molecule has 5 rings (SSSR count). The molecule has 0 fully saturated rings. The maximum absolute atomic E-state index is 12.0. The second kappa shape index (κ2) is 8.27. The van der Waals surface area contributed by atoms with E-state index in [1.165, 1.54) is 15.3 Å². The number of aromatic nitrogens is 4. The van der Waals surface area contributed by atoms with Gasteiger partial charge in [0.25, 0.3) is 0 Å². The van der Waals surface area contributed by atoms with E-state index in [2.05, 4.69) is 25.5 Å². The number of aryl methyl sites for hydroxylation is 1. The van der Waals surface area contributed by atoms with Gasteiger partial charge in [-0.2, -0.15) is 5.10 Å². The summed E-state index contributed by atoms with van der Waals surface area (Å²) >= 11 is 1.64. The van der Waals surface area contributed by atoms with Gasteiger partial charge in [-0.3, -0.25) is 5.10 Å². The van der Waals surface area contributed by atoms with Crippen LogP contribution in [0.1, 0.15) is 23.8 Å². The molecule has 10 heteroatoms. The van der Waals surface area contributed by atoms with Crippen LogP contribution in [0.5, 0.6) is 5.75 Å². The van der Waals surface area contributed by atoms with Crippen LogP contribution >= 0.6 is 11.3 Å². The minimum Gasteiger partial charge on any atom is -0.492 e. The molecule has 32 heavy (non-hydrogen) atoms. The van der Waals surface area contributed by atoms with Gasteiger partial charge >= 0.3 is 6.09 Å². The molecule has 3 aromatic heterocycles. The third-order valence-electron chi connectivity index (χ3n) is 5.53. The highest BCUT2D eigenvalue weighted by Crippen LogP contribution is 2.41. The Morgan fingerprint density at radius 1 is 1.34 bits per heavy atom. The summed E-state index contributed by atoms with van der Waals surface area (Å²) in [6, 6.07) is 3.95. The monoisotopic (exact) mass is 452 g/mol. The summed E-state index contributed by atoms with van der Waals surface area (Å²) in [5.41, 5.74) is 2.97. The first kappa shape index (κ1) is 20.5. The van der Waals surface area contributed by atoms with E-state index < -0.39 is 0 Å². The fraction of sp³-hybridized carbons (Fsp3) is 0.364. The lowest BCUT2D eigenvalue weighted by atomic mass is 9.94. The largest absolute Gasteiger partial charge is 0.492 e. The molecule has 9 nitrogen and oxygen atoms in total. The van der Waals surface area contributed by atoms with Crippen molar-refractivity contribution >= 4 is 50.1 Å². The number of amides is 1. The lowest BCUT2D eigenvalue weighted by Crippen LogP contribution is -2.31. The van der Waals surface area contributed by atoms with E-state index in [-0.39, 0.29) is 12.2 Å². The van der Waals surface area contributed by atoms with Crippen LogP contribution in [0.2, 0.25) is 0 Å². The molecular weight excluding hydrogens is 428 g/mol. The van der Waals surface area contributed by atoms with Crippen molar-refractivity contribution in [3.63, 3.8) is 0 Å². The van der Waals surface area contributed by atoms with Gasteiger partial charge in [0.2, 0.25) is 0 Å². The van der Waals surface area contributed by atoms with Gasteiger partial charge in [-0.05, 0) is 31.4 Å². The Morgan fingerprint density at radius 2 is 2.22 bits per heavy atom. The molecule has 0 spiro atoms. The van der Waals surface area contributed by atoms with Crippen LogP contribution in [-0.4, -0.2) is 58.0 Å². The normalized spacial score (nSPS) is 15.5. The predicted molar refractivity (Wildman–Crippen MR) is 124 cm³/mol. The Kier molecular flexibility index (Phi) is 5.30. The third-order valence-corrected chi connectivity index (χ3v) is 6.69. The standard InChI is InChI=1S/C22H24N6O3S/c1-4-30-17-9-15-12(10-25-27-15)7-16(17)26-20-19-14-6-5-13(31-22(29)28(2)3)8-18(14)32-21(19)24-11-23-20/h7,9-11,13H,4-6,8H2,1-3H3,(H,25,27)(H,23,24,26). The molecule has 1 aromatic carbocycles. The first-order chi connectivity index (χ1) is 15.5. The maximum Gasteiger partial charge on any atom is 0.409 e. The van der Waals surface area contributed by atoms with Gasteiger partial charge in [-0.1, -0.05) is 0 Å². The number of fused-ring (bicyclic) bond motifs is 4. The van der Waals surface area contributed by atoms with E-state index in [0.717, 1.165) is 51.2 Å². The van der Waals surface area contributed by atoms with Gasteiger partial charge in [0, 0.05) is 36.8 Å². The molecule has 1 aliphatic rings. The van der Waals surface area contributed by atoms with E-state index in [1.807, 2.05) is 19.1 Å². The molecule has 0 saturated carbocycles. The van der Waals surface area contributed by atoms with Crippen LogP contribution in [0.4, 0.5) is 16.3 Å². The first-order valence-electron chi connectivity index (χ1n) is 10.5. The lowest BCUT2D eigenvalue weighted by Gasteiger charge is -2.24. The lowest BCUT2D eigenvalue weighted by molar-refractivity contribution is 0.0685. The van der Waals surface area contributed by atoms with Gasteiger partial charge in [0.15, 0.2) is 0 Å². The SMILES string of the molecule is CCOc1cc2[nH]ncc2cc1Nc1ncnc2sc3c(c12)CCC(OC(=O)N(C)C)C3. The number of nitrogens with zero attached hydrogens (tertiary/aromatic N) is 4. The van der Waals surface area contributed by atoms with Gasteiger partial charge in [0.05, 0.1) is 29.4 Å². The zero-order chi connectivity index (χ0) is 22.2. The summed E-state index contributed by atoms with van der Waals surface area (Å²) in [7, 11) is 3.39. The molecule has 4 aromatic rings. The number of carbonyl (C=O) groups is 1. The Balaban J connectivity index is 1.49. The highest BCUT2D eigenvalue weighted by atomic mass is 32.1. The van der Waals surface area contributed by atoms with Crippen LogP contribution in [0, 0.1) is 0 Å². The third kappa shape index (κ3) is 3.70. The summed E-state index contributed by atoms with van der Waals surface area (Å²) < 4.78 is 11.5. The molecule has 166 valence electrons. The summed E-state index contributed by atoms with van der Waals surface area (Å²) in [6.45, 7) is 2.51. The number of hydrogen-bond acceptors (Lipinski definition) is 8. The quantitative estimate of drug-likeness (QED) is 0.466. The first-order valence-corrected chi connectivity index (χ1v) is 11.3. The Morgan fingerprint density at radius 3 is 3.03 bits per heavy atom. The van der Waals surface area contributed by atoms with Crippen molar-refractivity contribution < 1.29 is 14.3 Å². The highest BCUT2D eigenvalue weighted by Gasteiger charge is 2.28. The molecule has 0 saturated heterocycles. The summed E-state index contributed by atoms with van der Waals surface area (Å²) in [4.78, 5) is 24.6. The fourth-order valence-corrected chi connectivity index (χ4v) is 5.25. The van der Waals surface area contributed by atoms with Crippen molar-refractivity contribution in [1.82, 2.24) is 25.1 Å². The topological polar surface area (TPSA) is 105 Å². The van der Waals surface area contributed by atoms with Crippen LogP contribution in [0.25, 0.3) is 21.1 Å².